The average Bonchev–Trinajstić information content (AvgIpc) is 2.84. The molecule has 0 saturated carbocycles. The second-order valence-corrected chi connectivity index (χ2v) is 10.6. The van der Waals surface area contributed by atoms with Crippen molar-refractivity contribution in [3.8, 4) is 0 Å². The third-order valence-electron chi connectivity index (χ3n) is 6.80. The summed E-state index contributed by atoms with van der Waals surface area (Å²) in [6, 6.07) is 0. The average molecular weight is 479 g/mol. The Hall–Kier alpha value is -1.32. The molecule has 1 aliphatic carbocycles. The molecule has 4 heteroatoms. The zero-order valence-corrected chi connectivity index (χ0v) is 22.7. The normalized spacial score (nSPS) is 17.8. The van der Waals surface area contributed by atoms with Gasteiger partial charge in [-0.3, -0.25) is 9.59 Å². The lowest BCUT2D eigenvalue weighted by Gasteiger charge is -2.25. The first-order valence-corrected chi connectivity index (χ1v) is 14.6. The second kappa shape index (κ2) is 21.0. The van der Waals surface area contributed by atoms with Crippen molar-refractivity contribution in [2.45, 2.75) is 136 Å². The number of allylic oxidation sites excluding steroid dienone is 1. The summed E-state index contributed by atoms with van der Waals surface area (Å²) in [5.41, 5.74) is 0. The minimum Gasteiger partial charge on any atom is -0.465 e. The van der Waals surface area contributed by atoms with Crippen LogP contribution in [-0.4, -0.2) is 25.2 Å². The number of hydrogen-bond acceptors (Lipinski definition) is 4. The van der Waals surface area contributed by atoms with E-state index >= 15 is 0 Å². The van der Waals surface area contributed by atoms with Gasteiger partial charge in [0.2, 0.25) is 0 Å². The van der Waals surface area contributed by atoms with Gasteiger partial charge in [0.25, 0.3) is 0 Å². The summed E-state index contributed by atoms with van der Waals surface area (Å²) >= 11 is 0. The molecule has 0 fully saturated rings. The maximum Gasteiger partial charge on any atom is 0.313 e. The van der Waals surface area contributed by atoms with Gasteiger partial charge in [-0.1, -0.05) is 129 Å². The van der Waals surface area contributed by atoms with Gasteiger partial charge < -0.3 is 9.47 Å². The van der Waals surface area contributed by atoms with Crippen LogP contribution in [0, 0.1) is 17.8 Å². The molecule has 0 N–H and O–H groups in total. The first kappa shape index (κ1) is 30.7. The molecule has 0 aliphatic heterocycles. The van der Waals surface area contributed by atoms with E-state index < -0.39 is 11.8 Å². The highest BCUT2D eigenvalue weighted by Crippen LogP contribution is 2.27. The fraction of sp³-hybridized carbons (Fsp3) is 0.867. The van der Waals surface area contributed by atoms with Crippen molar-refractivity contribution in [1.82, 2.24) is 0 Å². The molecule has 198 valence electrons. The van der Waals surface area contributed by atoms with Gasteiger partial charge in [0.1, 0.15) is 0 Å². The lowest BCUT2D eigenvalue weighted by Crippen LogP contribution is -2.33. The van der Waals surface area contributed by atoms with E-state index in [0.717, 1.165) is 19.3 Å². The molecule has 0 spiro atoms. The van der Waals surface area contributed by atoms with Gasteiger partial charge >= 0.3 is 11.9 Å². The van der Waals surface area contributed by atoms with Gasteiger partial charge in [0.15, 0.2) is 0 Å². The van der Waals surface area contributed by atoms with Crippen molar-refractivity contribution in [1.29, 1.82) is 0 Å². The molecule has 0 saturated heterocycles. The zero-order valence-electron chi connectivity index (χ0n) is 22.7. The van der Waals surface area contributed by atoms with Crippen LogP contribution < -0.4 is 0 Å². The van der Waals surface area contributed by atoms with Crippen LogP contribution in [0.4, 0.5) is 0 Å². The Kier molecular flexibility index (Phi) is 19.0. The van der Waals surface area contributed by atoms with E-state index in [4.69, 9.17) is 9.47 Å². The Morgan fingerprint density at radius 2 is 1.24 bits per heavy atom. The van der Waals surface area contributed by atoms with Crippen molar-refractivity contribution < 1.29 is 19.1 Å². The molecule has 0 aromatic carbocycles. The summed E-state index contributed by atoms with van der Waals surface area (Å²) < 4.78 is 10.9. The maximum absolute atomic E-state index is 12.5. The van der Waals surface area contributed by atoms with E-state index in [-0.39, 0.29) is 17.9 Å². The van der Waals surface area contributed by atoms with E-state index in [1.807, 2.05) is 26.0 Å². The first-order valence-electron chi connectivity index (χ1n) is 14.6. The number of carbonyl (C=O) groups is 2. The molecule has 4 nitrogen and oxygen atoms in total. The minimum absolute atomic E-state index is 0.239. The molecule has 1 aliphatic rings. The largest absolute Gasteiger partial charge is 0.465 e. The van der Waals surface area contributed by atoms with Crippen LogP contribution >= 0.6 is 0 Å². The molecule has 0 radical (unpaired) electrons. The third-order valence-corrected chi connectivity index (χ3v) is 6.80. The van der Waals surface area contributed by atoms with Crippen LogP contribution in [0.15, 0.2) is 12.2 Å². The Morgan fingerprint density at radius 1 is 0.735 bits per heavy atom. The van der Waals surface area contributed by atoms with Crippen molar-refractivity contribution in [2.75, 3.05) is 13.2 Å². The van der Waals surface area contributed by atoms with E-state index in [0.29, 0.717) is 19.6 Å². The van der Waals surface area contributed by atoms with Gasteiger partial charge in [0, 0.05) is 0 Å². The highest BCUT2D eigenvalue weighted by atomic mass is 16.5. The van der Waals surface area contributed by atoms with Crippen LogP contribution in [0.2, 0.25) is 0 Å². The quantitative estimate of drug-likeness (QED) is 0.0941. The molecule has 0 amide bonds. The van der Waals surface area contributed by atoms with Gasteiger partial charge in [0.05, 0.1) is 25.0 Å². The topological polar surface area (TPSA) is 52.6 Å². The predicted molar refractivity (Wildman–Crippen MR) is 142 cm³/mol. The zero-order chi connectivity index (χ0) is 24.9. The number of unbranched alkanes of at least 4 members (excludes halogenated alkanes) is 15. The highest BCUT2D eigenvalue weighted by Gasteiger charge is 2.35. The van der Waals surface area contributed by atoms with Gasteiger partial charge in [-0.05, 0) is 25.2 Å². The molecule has 1 rings (SSSR count). The van der Waals surface area contributed by atoms with Gasteiger partial charge in [-0.25, -0.2) is 0 Å². The fourth-order valence-electron chi connectivity index (χ4n) is 4.61. The lowest BCUT2D eigenvalue weighted by molar-refractivity contribution is -0.160. The minimum atomic E-state index is -0.495. The SMILES string of the molecule is CCCCCCCCCCCCCCCCCCOC(=O)C1CCC=CC1C(=O)OCC(C)C. The molecule has 34 heavy (non-hydrogen) atoms. The van der Waals surface area contributed by atoms with Crippen molar-refractivity contribution >= 4 is 11.9 Å². The van der Waals surface area contributed by atoms with Crippen LogP contribution in [0.25, 0.3) is 0 Å². The number of rotatable bonds is 21. The smallest absolute Gasteiger partial charge is 0.313 e. The lowest BCUT2D eigenvalue weighted by atomic mass is 9.84. The van der Waals surface area contributed by atoms with Crippen LogP contribution in [0.1, 0.15) is 136 Å². The summed E-state index contributed by atoms with van der Waals surface area (Å²) in [6.45, 7) is 7.15. The van der Waals surface area contributed by atoms with E-state index in [1.165, 1.54) is 89.9 Å². The Balaban J connectivity index is 1.97. The standard InChI is InChI=1S/C30H54O4/c1-4-5-6-7-8-9-10-11-12-13-14-15-16-17-18-21-24-33-29(31)27-22-19-20-23-28(27)30(32)34-25-26(2)3/h20,23,26-28H,4-19,21-22,24-25H2,1-3H3. The molecule has 0 aromatic heterocycles. The molecular weight excluding hydrogens is 424 g/mol. The molecule has 2 unspecified atom stereocenters. The third kappa shape index (κ3) is 15.6. The number of esters is 2. The van der Waals surface area contributed by atoms with E-state index in [1.54, 1.807) is 0 Å². The van der Waals surface area contributed by atoms with E-state index in [9.17, 15) is 9.59 Å². The Labute approximate surface area is 210 Å². The van der Waals surface area contributed by atoms with Crippen LogP contribution in [0.5, 0.6) is 0 Å². The van der Waals surface area contributed by atoms with Crippen molar-refractivity contribution in [3.63, 3.8) is 0 Å². The molecule has 2 atom stereocenters. The summed E-state index contributed by atoms with van der Waals surface area (Å²) in [5.74, 6) is -1.14. The summed E-state index contributed by atoms with van der Waals surface area (Å²) in [4.78, 5) is 24.9. The molecule has 0 aromatic rings. The Bertz CT molecular complexity index is 540. The van der Waals surface area contributed by atoms with Crippen molar-refractivity contribution in [3.05, 3.63) is 12.2 Å². The second-order valence-electron chi connectivity index (χ2n) is 10.6. The van der Waals surface area contributed by atoms with Crippen LogP contribution in [-0.2, 0) is 19.1 Å². The number of ether oxygens (including phenoxy) is 2. The van der Waals surface area contributed by atoms with Crippen LogP contribution in [0.3, 0.4) is 0 Å². The monoisotopic (exact) mass is 478 g/mol. The fourth-order valence-corrected chi connectivity index (χ4v) is 4.61. The summed E-state index contributed by atoms with van der Waals surface area (Å²) in [7, 11) is 0. The van der Waals surface area contributed by atoms with Gasteiger partial charge in [-0.15, -0.1) is 0 Å². The molecule has 0 heterocycles. The molecule has 0 bridgehead atoms. The summed E-state index contributed by atoms with van der Waals surface area (Å²) in [5, 5.41) is 0. The first-order chi connectivity index (χ1) is 16.6. The number of hydrogen-bond donors (Lipinski definition) is 0. The maximum atomic E-state index is 12.5. The van der Waals surface area contributed by atoms with Crippen molar-refractivity contribution in [2.24, 2.45) is 17.8 Å². The predicted octanol–water partition coefficient (Wildman–Crippen LogP) is 8.57. The summed E-state index contributed by atoms with van der Waals surface area (Å²) in [6.07, 6.45) is 26.5. The molecular formula is C30H54O4. The highest BCUT2D eigenvalue weighted by molar-refractivity contribution is 5.83. The Morgan fingerprint density at radius 3 is 1.74 bits per heavy atom. The number of carbonyl (C=O) groups excluding carboxylic acids is 2. The van der Waals surface area contributed by atoms with Gasteiger partial charge in [-0.2, -0.15) is 0 Å². The van der Waals surface area contributed by atoms with E-state index in [2.05, 4.69) is 6.92 Å².